The van der Waals surface area contributed by atoms with E-state index in [2.05, 4.69) is 26.0 Å². The smallest absolute Gasteiger partial charge is 0.306 e. The van der Waals surface area contributed by atoms with Crippen LogP contribution in [0.5, 0.6) is 0 Å². The fourth-order valence-corrected chi connectivity index (χ4v) is 11.3. The summed E-state index contributed by atoms with van der Waals surface area (Å²) in [7, 11) is 0. The van der Waals surface area contributed by atoms with Gasteiger partial charge in [-0.05, 0) is 38.5 Å². The molecular formula is C67H128O14. The van der Waals surface area contributed by atoms with Crippen molar-refractivity contribution in [2.45, 2.75) is 377 Å². The number of esters is 1. The molecular weight excluding hydrogens is 1030 g/mol. The van der Waals surface area contributed by atoms with Crippen LogP contribution < -0.4 is 0 Å². The lowest BCUT2D eigenvalue weighted by atomic mass is 9.98. The van der Waals surface area contributed by atoms with Crippen LogP contribution in [0.15, 0.2) is 12.2 Å². The largest absolute Gasteiger partial charge is 0.457 e. The van der Waals surface area contributed by atoms with E-state index in [0.29, 0.717) is 13.0 Å². The molecule has 2 fully saturated rings. The first-order valence-corrected chi connectivity index (χ1v) is 34.3. The molecule has 0 aliphatic carbocycles. The van der Waals surface area contributed by atoms with Gasteiger partial charge in [0, 0.05) is 13.0 Å². The minimum absolute atomic E-state index is 0.0683. The second-order valence-corrected chi connectivity index (χ2v) is 24.4. The van der Waals surface area contributed by atoms with Crippen molar-refractivity contribution < 1.29 is 69.0 Å². The second-order valence-electron chi connectivity index (χ2n) is 24.4. The van der Waals surface area contributed by atoms with Gasteiger partial charge < -0.3 is 64.2 Å². The molecule has 7 N–H and O–H groups in total. The number of carbonyl (C=O) groups excluding carboxylic acids is 1. The van der Waals surface area contributed by atoms with Gasteiger partial charge in [0.2, 0.25) is 0 Å². The molecule has 0 amide bonds. The Labute approximate surface area is 495 Å². The Balaban J connectivity index is 1.64. The van der Waals surface area contributed by atoms with E-state index >= 15 is 0 Å². The zero-order valence-corrected chi connectivity index (χ0v) is 52.1. The molecule has 2 rings (SSSR count). The third-order valence-corrected chi connectivity index (χ3v) is 16.8. The van der Waals surface area contributed by atoms with Crippen molar-refractivity contribution >= 4 is 5.97 Å². The summed E-state index contributed by atoms with van der Waals surface area (Å²) in [6, 6.07) is 0. The van der Waals surface area contributed by atoms with E-state index in [1.807, 2.05) is 0 Å². The van der Waals surface area contributed by atoms with Gasteiger partial charge in [-0.15, -0.1) is 0 Å². The van der Waals surface area contributed by atoms with Gasteiger partial charge in [-0.1, -0.05) is 276 Å². The fraction of sp³-hybridized carbons (Fsp3) is 0.955. The molecule has 14 heteroatoms. The van der Waals surface area contributed by atoms with Gasteiger partial charge in [0.1, 0.15) is 54.9 Å². The van der Waals surface area contributed by atoms with Crippen molar-refractivity contribution in [1.29, 1.82) is 0 Å². The van der Waals surface area contributed by atoms with Crippen LogP contribution in [-0.2, 0) is 33.2 Å². The van der Waals surface area contributed by atoms with Crippen LogP contribution in [0.1, 0.15) is 309 Å². The Morgan fingerprint density at radius 3 is 1.12 bits per heavy atom. The van der Waals surface area contributed by atoms with Gasteiger partial charge in [-0.25, -0.2) is 0 Å². The summed E-state index contributed by atoms with van der Waals surface area (Å²) in [6.07, 6.45) is 47.1. The van der Waals surface area contributed by atoms with Crippen LogP contribution in [0.3, 0.4) is 0 Å². The summed E-state index contributed by atoms with van der Waals surface area (Å²) in [5.41, 5.74) is 0. The Morgan fingerprint density at radius 1 is 0.395 bits per heavy atom. The number of hydrogen-bond donors (Lipinski definition) is 7. The highest BCUT2D eigenvalue weighted by Crippen LogP contribution is 2.27. The molecule has 14 nitrogen and oxygen atoms in total. The normalized spacial score (nSPS) is 23.7. The van der Waals surface area contributed by atoms with Crippen molar-refractivity contribution in [1.82, 2.24) is 0 Å². The average molecular weight is 1160 g/mol. The number of hydrogen-bond acceptors (Lipinski definition) is 14. The van der Waals surface area contributed by atoms with Gasteiger partial charge in [0.15, 0.2) is 12.6 Å². The quantitative estimate of drug-likeness (QED) is 0.0171. The molecule has 480 valence electrons. The van der Waals surface area contributed by atoms with Crippen LogP contribution in [-0.4, -0.2) is 142 Å². The summed E-state index contributed by atoms with van der Waals surface area (Å²) in [6.45, 7) is 3.77. The molecule has 11 unspecified atom stereocenters. The van der Waals surface area contributed by atoms with Crippen LogP contribution in [0, 0.1) is 0 Å². The predicted octanol–water partition coefficient (Wildman–Crippen LogP) is 14.1. The maximum Gasteiger partial charge on any atom is 0.306 e. The molecule has 0 saturated carbocycles. The number of carbonyl (C=O) groups is 1. The number of ether oxygens (including phenoxy) is 6. The molecule has 2 aliphatic heterocycles. The Morgan fingerprint density at radius 2 is 0.728 bits per heavy atom. The molecule has 2 saturated heterocycles. The Hall–Kier alpha value is -1.27. The molecule has 11 atom stereocenters. The summed E-state index contributed by atoms with van der Waals surface area (Å²) in [5, 5.41) is 72.6. The van der Waals surface area contributed by atoms with Crippen LogP contribution in [0.25, 0.3) is 0 Å². The van der Waals surface area contributed by atoms with Crippen molar-refractivity contribution in [3.05, 3.63) is 12.2 Å². The van der Waals surface area contributed by atoms with Gasteiger partial charge >= 0.3 is 5.97 Å². The van der Waals surface area contributed by atoms with Crippen molar-refractivity contribution in [2.75, 3.05) is 33.0 Å². The molecule has 0 aromatic rings. The van der Waals surface area contributed by atoms with Crippen LogP contribution >= 0.6 is 0 Å². The van der Waals surface area contributed by atoms with E-state index < -0.39 is 80.7 Å². The third kappa shape index (κ3) is 39.9. The van der Waals surface area contributed by atoms with Crippen molar-refractivity contribution in [3.8, 4) is 0 Å². The summed E-state index contributed by atoms with van der Waals surface area (Å²) < 4.78 is 34.6. The average Bonchev–Trinajstić information content (AvgIpc) is 3.46. The van der Waals surface area contributed by atoms with Crippen molar-refractivity contribution in [3.63, 3.8) is 0 Å². The summed E-state index contributed by atoms with van der Waals surface area (Å²) >= 11 is 0. The minimum Gasteiger partial charge on any atom is -0.457 e. The lowest BCUT2D eigenvalue weighted by Crippen LogP contribution is -2.61. The van der Waals surface area contributed by atoms with Gasteiger partial charge in [0.05, 0.1) is 26.4 Å². The first kappa shape index (κ1) is 75.8. The molecule has 0 aromatic heterocycles. The molecule has 2 aliphatic rings. The monoisotopic (exact) mass is 1160 g/mol. The van der Waals surface area contributed by atoms with Gasteiger partial charge in [-0.2, -0.15) is 0 Å². The van der Waals surface area contributed by atoms with Crippen LogP contribution in [0.4, 0.5) is 0 Å². The molecule has 0 spiro atoms. The number of allylic oxidation sites excluding steroid dienone is 2. The van der Waals surface area contributed by atoms with E-state index in [1.165, 1.54) is 244 Å². The molecule has 2 heterocycles. The number of aliphatic hydroxyl groups excluding tert-OH is 7. The van der Waals surface area contributed by atoms with E-state index in [-0.39, 0.29) is 25.6 Å². The SMILES string of the molecule is CCCCCCCCCC/C=C\CCCCCCCCCCCCCCOCC(COC1OC(COC2OC(CO)C(O)C(O)C2O)C(O)C(O)C1O)OC(=O)CCCCCCCCCCCCCCCCCCCCCCCCC. The van der Waals surface area contributed by atoms with Gasteiger partial charge in [-0.3, -0.25) is 4.79 Å². The highest BCUT2D eigenvalue weighted by molar-refractivity contribution is 5.69. The first-order chi connectivity index (χ1) is 39.6. The van der Waals surface area contributed by atoms with Crippen molar-refractivity contribution in [2.24, 2.45) is 0 Å². The third-order valence-electron chi connectivity index (χ3n) is 16.8. The highest BCUT2D eigenvalue weighted by Gasteiger charge is 2.47. The van der Waals surface area contributed by atoms with E-state index in [0.717, 1.165) is 38.5 Å². The summed E-state index contributed by atoms with van der Waals surface area (Å²) in [4.78, 5) is 13.1. The van der Waals surface area contributed by atoms with E-state index in [4.69, 9.17) is 28.4 Å². The van der Waals surface area contributed by atoms with E-state index in [9.17, 15) is 40.5 Å². The minimum atomic E-state index is -1.70. The second kappa shape index (κ2) is 54.1. The lowest BCUT2D eigenvalue weighted by Gasteiger charge is -2.42. The number of unbranched alkanes of at least 4 members (excludes halogenated alkanes) is 42. The number of aliphatic hydroxyl groups is 7. The predicted molar refractivity (Wildman–Crippen MR) is 326 cm³/mol. The highest BCUT2D eigenvalue weighted by atomic mass is 16.7. The standard InChI is InChI=1S/C67H128O14/c1-3-5-7-9-11-13-15-17-19-21-23-25-27-29-31-33-35-37-39-41-43-45-47-49-51-76-53-56(54-77-66-65(75)63(73)61(71)58(81-66)55-78-67-64(74)62(72)60(70)57(52-68)80-67)79-59(69)50-48-46-44-42-40-38-36-34-32-30-28-26-24-22-20-18-16-14-12-10-8-6-4-2/h21,23,56-58,60-68,70-75H,3-20,22,24-55H2,1-2H3/b23-21-. The van der Waals surface area contributed by atoms with Gasteiger partial charge in [0.25, 0.3) is 0 Å². The fourth-order valence-electron chi connectivity index (χ4n) is 11.3. The molecule has 0 aromatic carbocycles. The molecule has 0 bridgehead atoms. The first-order valence-electron chi connectivity index (χ1n) is 34.3. The number of rotatable bonds is 58. The zero-order valence-electron chi connectivity index (χ0n) is 52.1. The molecule has 81 heavy (non-hydrogen) atoms. The topological polar surface area (TPSA) is 214 Å². The van der Waals surface area contributed by atoms with E-state index in [1.54, 1.807) is 0 Å². The maximum absolute atomic E-state index is 13.1. The summed E-state index contributed by atoms with van der Waals surface area (Å²) in [5.74, 6) is -0.366. The maximum atomic E-state index is 13.1. The molecule has 0 radical (unpaired) electrons. The Kier molecular flexibility index (Phi) is 50.7. The Bertz CT molecular complexity index is 1390. The zero-order chi connectivity index (χ0) is 58.6. The lowest BCUT2D eigenvalue weighted by molar-refractivity contribution is -0.332. The van der Waals surface area contributed by atoms with Crippen LogP contribution in [0.2, 0.25) is 0 Å².